The minimum absolute atomic E-state index is 0.00933. The summed E-state index contributed by atoms with van der Waals surface area (Å²) in [5, 5.41) is 8.16. The number of hydrogen-bond donors (Lipinski definition) is 3. The van der Waals surface area contributed by atoms with E-state index < -0.39 is 11.8 Å². The minimum atomic E-state index is -0.716. The average Bonchev–Trinajstić information content (AvgIpc) is 2.86. The zero-order chi connectivity index (χ0) is 25.7. The van der Waals surface area contributed by atoms with Crippen LogP contribution in [0, 0.1) is 0 Å². The van der Waals surface area contributed by atoms with E-state index in [-0.39, 0.29) is 11.9 Å². The monoisotopic (exact) mass is 492 g/mol. The van der Waals surface area contributed by atoms with Crippen molar-refractivity contribution in [3.63, 3.8) is 0 Å². The quantitative estimate of drug-likeness (QED) is 0.535. The summed E-state index contributed by atoms with van der Waals surface area (Å²) >= 11 is 0. The Bertz CT molecular complexity index is 1100. The van der Waals surface area contributed by atoms with Gasteiger partial charge < -0.3 is 25.8 Å². The van der Waals surface area contributed by atoms with E-state index in [0.29, 0.717) is 17.9 Å². The molecule has 4 rings (SSSR count). The van der Waals surface area contributed by atoms with Gasteiger partial charge in [-0.2, -0.15) is 0 Å². The normalized spacial score (nSPS) is 17.1. The highest BCUT2D eigenvalue weighted by molar-refractivity contribution is 6.39. The summed E-state index contributed by atoms with van der Waals surface area (Å²) in [4.78, 5) is 43.4. The number of nitrogens with zero attached hydrogens (tertiary/aromatic N) is 3. The molecule has 192 valence electrons. The molecule has 0 unspecified atom stereocenters. The third-order valence-electron chi connectivity index (χ3n) is 6.94. The van der Waals surface area contributed by atoms with E-state index in [1.165, 1.54) is 23.7 Å². The number of likely N-dealkylation sites (N-methyl/N-ethyl adjacent to an activating group) is 1. The lowest BCUT2D eigenvalue weighted by molar-refractivity contribution is -0.136. The SMILES string of the molecule is CC(=O)Nc1ccc(NC(=O)C(=O)NC[C@H](c2ccc3c(c2)CCCN3C)N2CCN(C)CC2)cc1. The molecule has 9 nitrogen and oxygen atoms in total. The Morgan fingerprint density at radius 3 is 2.19 bits per heavy atom. The molecule has 0 radical (unpaired) electrons. The van der Waals surface area contributed by atoms with Crippen LogP contribution < -0.4 is 20.9 Å². The van der Waals surface area contributed by atoms with Gasteiger partial charge in [-0.25, -0.2) is 0 Å². The van der Waals surface area contributed by atoms with Crippen LogP contribution in [0.2, 0.25) is 0 Å². The Morgan fingerprint density at radius 1 is 0.861 bits per heavy atom. The molecule has 36 heavy (non-hydrogen) atoms. The molecule has 3 N–H and O–H groups in total. The third kappa shape index (κ3) is 6.41. The van der Waals surface area contributed by atoms with E-state index in [2.05, 4.69) is 62.9 Å². The molecule has 0 aliphatic carbocycles. The first-order chi connectivity index (χ1) is 17.3. The lowest BCUT2D eigenvalue weighted by atomic mass is 9.95. The summed E-state index contributed by atoms with van der Waals surface area (Å²) < 4.78 is 0. The topological polar surface area (TPSA) is 97.0 Å². The fourth-order valence-electron chi connectivity index (χ4n) is 4.90. The number of hydrogen-bond acceptors (Lipinski definition) is 6. The molecule has 2 aromatic rings. The highest BCUT2D eigenvalue weighted by Crippen LogP contribution is 2.31. The van der Waals surface area contributed by atoms with Gasteiger partial charge in [-0.05, 0) is 61.3 Å². The molecule has 3 amide bonds. The van der Waals surface area contributed by atoms with E-state index in [1.807, 2.05) is 0 Å². The summed E-state index contributed by atoms with van der Waals surface area (Å²) in [5.74, 6) is -1.56. The third-order valence-corrected chi connectivity index (χ3v) is 6.94. The standard InChI is InChI=1S/C27H36N6O3/c1-19(34)29-22-7-9-23(10-8-22)30-27(36)26(35)28-18-25(33-15-13-31(2)14-16-33)21-6-11-24-20(17-21)5-4-12-32(24)3/h6-11,17,25H,4-5,12-16,18H2,1-3H3,(H,28,35)(H,29,34)(H,30,36)/t25-/m1/s1. The zero-order valence-electron chi connectivity index (χ0n) is 21.3. The number of amides is 3. The van der Waals surface area contributed by atoms with Gasteiger partial charge in [0, 0.05) is 70.3 Å². The van der Waals surface area contributed by atoms with E-state index in [9.17, 15) is 14.4 Å². The number of fused-ring (bicyclic) bond motifs is 1. The second-order valence-corrected chi connectivity index (χ2v) is 9.69. The van der Waals surface area contributed by atoms with Crippen LogP contribution in [0.4, 0.5) is 17.1 Å². The van der Waals surface area contributed by atoms with Crippen LogP contribution in [-0.4, -0.2) is 80.9 Å². The van der Waals surface area contributed by atoms with Gasteiger partial charge in [0.1, 0.15) is 0 Å². The molecule has 9 heteroatoms. The van der Waals surface area contributed by atoms with E-state index >= 15 is 0 Å². The van der Waals surface area contributed by atoms with Crippen LogP contribution >= 0.6 is 0 Å². The lowest BCUT2D eigenvalue weighted by Gasteiger charge is -2.39. The van der Waals surface area contributed by atoms with Gasteiger partial charge in [-0.3, -0.25) is 19.3 Å². The van der Waals surface area contributed by atoms with Crippen molar-refractivity contribution in [3.8, 4) is 0 Å². The van der Waals surface area contributed by atoms with Crippen LogP contribution in [0.15, 0.2) is 42.5 Å². The minimum Gasteiger partial charge on any atom is -0.374 e. The van der Waals surface area contributed by atoms with E-state index in [0.717, 1.165) is 45.6 Å². The lowest BCUT2D eigenvalue weighted by Crippen LogP contribution is -2.49. The maximum Gasteiger partial charge on any atom is 0.313 e. The highest BCUT2D eigenvalue weighted by atomic mass is 16.2. The van der Waals surface area contributed by atoms with Gasteiger partial charge in [0.05, 0.1) is 6.04 Å². The fourth-order valence-corrected chi connectivity index (χ4v) is 4.90. The summed E-state index contributed by atoms with van der Waals surface area (Å²) in [6.07, 6.45) is 2.19. The van der Waals surface area contributed by atoms with Crippen LogP contribution in [0.5, 0.6) is 0 Å². The fraction of sp³-hybridized carbons (Fsp3) is 0.444. The Kier molecular flexibility index (Phi) is 8.22. The first-order valence-electron chi connectivity index (χ1n) is 12.5. The van der Waals surface area contributed by atoms with Gasteiger partial charge in [0.15, 0.2) is 0 Å². The maximum atomic E-state index is 12.7. The first kappa shape index (κ1) is 25.7. The van der Waals surface area contributed by atoms with Crippen LogP contribution in [0.3, 0.4) is 0 Å². The number of nitrogens with one attached hydrogen (secondary N) is 3. The Labute approximate surface area is 212 Å². The van der Waals surface area contributed by atoms with Crippen LogP contribution in [0.1, 0.15) is 30.5 Å². The Hall–Kier alpha value is -3.43. The molecule has 0 saturated carbocycles. The number of benzene rings is 2. The second kappa shape index (κ2) is 11.5. The van der Waals surface area contributed by atoms with Crippen molar-refractivity contribution >= 4 is 34.8 Å². The number of aryl methyl sites for hydroxylation is 1. The highest BCUT2D eigenvalue weighted by Gasteiger charge is 2.27. The van der Waals surface area contributed by atoms with E-state index in [4.69, 9.17) is 0 Å². The molecular formula is C27H36N6O3. The van der Waals surface area contributed by atoms with Crippen molar-refractivity contribution in [1.82, 2.24) is 15.1 Å². The molecule has 2 aliphatic heterocycles. The van der Waals surface area contributed by atoms with Crippen molar-refractivity contribution < 1.29 is 14.4 Å². The number of anilines is 3. The van der Waals surface area contributed by atoms with Crippen LogP contribution in [-0.2, 0) is 20.8 Å². The van der Waals surface area contributed by atoms with Gasteiger partial charge >= 0.3 is 11.8 Å². The number of piperazine rings is 1. The predicted molar refractivity (Wildman–Crippen MR) is 142 cm³/mol. The smallest absolute Gasteiger partial charge is 0.313 e. The Balaban J connectivity index is 1.42. The molecule has 2 heterocycles. The molecule has 1 fully saturated rings. The molecule has 0 spiro atoms. The summed E-state index contributed by atoms with van der Waals surface area (Å²) in [6.45, 7) is 6.58. The van der Waals surface area contributed by atoms with Gasteiger partial charge in [-0.1, -0.05) is 12.1 Å². The van der Waals surface area contributed by atoms with Crippen molar-refractivity contribution in [3.05, 3.63) is 53.6 Å². The van der Waals surface area contributed by atoms with Gasteiger partial charge in [-0.15, -0.1) is 0 Å². The second-order valence-electron chi connectivity index (χ2n) is 9.69. The maximum absolute atomic E-state index is 12.7. The molecule has 1 atom stereocenters. The van der Waals surface area contributed by atoms with E-state index in [1.54, 1.807) is 24.3 Å². The number of carbonyl (C=O) groups excluding carboxylic acids is 3. The molecule has 1 saturated heterocycles. The summed E-state index contributed by atoms with van der Waals surface area (Å²) in [5.41, 5.74) is 4.89. The predicted octanol–water partition coefficient (Wildman–Crippen LogP) is 2.07. The average molecular weight is 493 g/mol. The molecule has 2 aromatic carbocycles. The first-order valence-corrected chi connectivity index (χ1v) is 12.5. The van der Waals surface area contributed by atoms with Crippen molar-refractivity contribution in [2.75, 3.05) is 68.9 Å². The zero-order valence-corrected chi connectivity index (χ0v) is 21.3. The van der Waals surface area contributed by atoms with Gasteiger partial charge in [0.25, 0.3) is 0 Å². The van der Waals surface area contributed by atoms with Gasteiger partial charge in [0.2, 0.25) is 5.91 Å². The molecule has 2 aliphatic rings. The molecule has 0 bridgehead atoms. The summed E-state index contributed by atoms with van der Waals surface area (Å²) in [6, 6.07) is 13.2. The summed E-state index contributed by atoms with van der Waals surface area (Å²) in [7, 11) is 4.25. The number of rotatable bonds is 6. The van der Waals surface area contributed by atoms with Crippen molar-refractivity contribution in [1.29, 1.82) is 0 Å². The molecule has 0 aromatic heterocycles. The Morgan fingerprint density at radius 2 is 1.53 bits per heavy atom. The van der Waals surface area contributed by atoms with Crippen molar-refractivity contribution in [2.24, 2.45) is 0 Å². The number of carbonyl (C=O) groups is 3. The van der Waals surface area contributed by atoms with Crippen molar-refractivity contribution in [2.45, 2.75) is 25.8 Å². The molecular weight excluding hydrogens is 456 g/mol. The van der Waals surface area contributed by atoms with Crippen LogP contribution in [0.25, 0.3) is 0 Å². The largest absolute Gasteiger partial charge is 0.374 e.